The zero-order valence-electron chi connectivity index (χ0n) is 15.5. The van der Waals surface area contributed by atoms with Gasteiger partial charge in [-0.2, -0.15) is 4.98 Å². The molecule has 0 aromatic carbocycles. The molecule has 1 amide bonds. The monoisotopic (exact) mass is 346 g/mol. The van der Waals surface area contributed by atoms with Gasteiger partial charge in [0.2, 0.25) is 11.8 Å². The molecule has 2 aliphatic carbocycles. The second-order valence-electron chi connectivity index (χ2n) is 7.28. The molecule has 2 aliphatic rings. The van der Waals surface area contributed by atoms with Crippen LogP contribution in [0.2, 0.25) is 0 Å². The van der Waals surface area contributed by atoms with Crippen LogP contribution in [0.15, 0.2) is 16.7 Å². The van der Waals surface area contributed by atoms with E-state index in [-0.39, 0.29) is 5.91 Å². The summed E-state index contributed by atoms with van der Waals surface area (Å²) in [5.74, 6) is 1.77. The van der Waals surface area contributed by atoms with Crippen LogP contribution in [0.5, 0.6) is 0 Å². The van der Waals surface area contributed by atoms with Crippen molar-refractivity contribution in [2.75, 3.05) is 13.1 Å². The molecule has 0 bridgehead atoms. The number of hydrogen-bond acceptors (Lipinski definition) is 5. The maximum absolute atomic E-state index is 12.6. The average molecular weight is 346 g/mol. The Balaban J connectivity index is 1.68. The number of rotatable bonds is 8. The Morgan fingerprint density at radius 1 is 1.36 bits per heavy atom. The summed E-state index contributed by atoms with van der Waals surface area (Å²) < 4.78 is 5.49. The highest BCUT2D eigenvalue weighted by Crippen LogP contribution is 2.37. The van der Waals surface area contributed by atoms with Gasteiger partial charge >= 0.3 is 0 Å². The lowest BCUT2D eigenvalue weighted by Crippen LogP contribution is -2.45. The number of aromatic nitrogens is 2. The lowest BCUT2D eigenvalue weighted by atomic mass is 9.95. The van der Waals surface area contributed by atoms with Crippen LogP contribution in [0, 0.1) is 5.92 Å². The second-order valence-corrected chi connectivity index (χ2v) is 7.28. The minimum Gasteiger partial charge on any atom is -0.343 e. The normalized spacial score (nSPS) is 22.0. The summed E-state index contributed by atoms with van der Waals surface area (Å²) in [6.45, 7) is 6.81. The second kappa shape index (κ2) is 8.13. The van der Waals surface area contributed by atoms with Crippen molar-refractivity contribution in [3.63, 3.8) is 0 Å². The fraction of sp³-hybridized carbons (Fsp3) is 0.737. The summed E-state index contributed by atoms with van der Waals surface area (Å²) in [6.07, 6.45) is 11.0. The van der Waals surface area contributed by atoms with Gasteiger partial charge in [0.05, 0.1) is 6.54 Å². The fourth-order valence-electron chi connectivity index (χ4n) is 3.96. The largest absolute Gasteiger partial charge is 0.343 e. The highest BCUT2D eigenvalue weighted by molar-refractivity contribution is 5.77. The number of allylic oxidation sites excluding steroid dienone is 2. The molecule has 1 aromatic heterocycles. The molecule has 25 heavy (non-hydrogen) atoms. The molecule has 6 nitrogen and oxygen atoms in total. The Morgan fingerprint density at radius 3 is 2.76 bits per heavy atom. The van der Waals surface area contributed by atoms with Gasteiger partial charge in [0.1, 0.15) is 5.54 Å². The third-order valence-electron chi connectivity index (χ3n) is 5.55. The number of hydrogen-bond donors (Lipinski definition) is 1. The van der Waals surface area contributed by atoms with Gasteiger partial charge in [0, 0.05) is 6.42 Å². The van der Waals surface area contributed by atoms with Crippen LogP contribution in [-0.2, 0) is 16.9 Å². The topological polar surface area (TPSA) is 71.3 Å². The molecule has 138 valence electrons. The van der Waals surface area contributed by atoms with Gasteiger partial charge in [-0.3, -0.25) is 9.69 Å². The lowest BCUT2D eigenvalue weighted by Gasteiger charge is -2.27. The summed E-state index contributed by atoms with van der Waals surface area (Å²) in [5.41, 5.74) is -0.440. The van der Waals surface area contributed by atoms with Crippen LogP contribution in [0.1, 0.15) is 70.5 Å². The van der Waals surface area contributed by atoms with E-state index in [4.69, 9.17) is 4.52 Å². The number of nitrogens with zero attached hydrogens (tertiary/aromatic N) is 3. The van der Waals surface area contributed by atoms with Crippen molar-refractivity contribution in [3.05, 3.63) is 23.9 Å². The smallest absolute Gasteiger partial charge is 0.240 e. The van der Waals surface area contributed by atoms with Crippen LogP contribution < -0.4 is 5.32 Å². The van der Waals surface area contributed by atoms with Crippen LogP contribution in [0.4, 0.5) is 0 Å². The third kappa shape index (κ3) is 4.29. The fourth-order valence-corrected chi connectivity index (χ4v) is 3.96. The van der Waals surface area contributed by atoms with Gasteiger partial charge < -0.3 is 9.84 Å². The molecule has 1 N–H and O–H groups in total. The van der Waals surface area contributed by atoms with Gasteiger partial charge in [0.25, 0.3) is 0 Å². The average Bonchev–Trinajstić information content (AvgIpc) is 3.34. The van der Waals surface area contributed by atoms with Gasteiger partial charge in [-0.25, -0.2) is 0 Å². The van der Waals surface area contributed by atoms with E-state index in [1.54, 1.807) is 0 Å². The van der Waals surface area contributed by atoms with E-state index in [0.29, 0.717) is 30.6 Å². The Kier molecular flexibility index (Phi) is 5.89. The first-order valence-electron chi connectivity index (χ1n) is 9.68. The Morgan fingerprint density at radius 2 is 2.12 bits per heavy atom. The molecule has 1 fully saturated rings. The Bertz CT molecular complexity index is 600. The van der Waals surface area contributed by atoms with Gasteiger partial charge in [-0.05, 0) is 44.7 Å². The zero-order valence-corrected chi connectivity index (χ0v) is 15.5. The predicted molar refractivity (Wildman–Crippen MR) is 95.7 cm³/mol. The molecule has 0 saturated heterocycles. The number of amides is 1. The van der Waals surface area contributed by atoms with Gasteiger partial charge in [-0.1, -0.05) is 44.0 Å². The van der Waals surface area contributed by atoms with Crippen LogP contribution >= 0.6 is 0 Å². The van der Waals surface area contributed by atoms with E-state index in [1.165, 1.54) is 0 Å². The first kappa shape index (κ1) is 18.1. The summed E-state index contributed by atoms with van der Waals surface area (Å²) >= 11 is 0. The van der Waals surface area contributed by atoms with Crippen molar-refractivity contribution in [2.24, 2.45) is 5.92 Å². The molecule has 1 heterocycles. The quantitative estimate of drug-likeness (QED) is 0.732. The van der Waals surface area contributed by atoms with E-state index in [2.05, 4.69) is 46.4 Å². The summed E-state index contributed by atoms with van der Waals surface area (Å²) in [7, 11) is 0. The Labute approximate surface area is 150 Å². The predicted octanol–water partition coefficient (Wildman–Crippen LogP) is 3.15. The molecule has 1 saturated carbocycles. The minimum absolute atomic E-state index is 0.105. The molecule has 0 radical (unpaired) electrons. The molecule has 1 aromatic rings. The summed E-state index contributed by atoms with van der Waals surface area (Å²) in [5, 5.41) is 7.49. The standard InChI is InChI=1S/C19H30N4O2/c1-3-23(4-2)14-17-20-18(22-25-17)19(11-7-8-12-19)21-16(24)13-15-9-5-6-10-15/h5,9,15H,3-4,6-8,10-14H2,1-2H3,(H,21,24). The highest BCUT2D eigenvalue weighted by atomic mass is 16.5. The van der Waals surface area contributed by atoms with Crippen molar-refractivity contribution < 1.29 is 9.32 Å². The van der Waals surface area contributed by atoms with E-state index >= 15 is 0 Å². The van der Waals surface area contributed by atoms with E-state index < -0.39 is 5.54 Å². The van der Waals surface area contributed by atoms with Crippen molar-refractivity contribution >= 4 is 5.91 Å². The Hall–Kier alpha value is -1.69. The molecule has 1 atom stereocenters. The molecule has 0 spiro atoms. The highest BCUT2D eigenvalue weighted by Gasteiger charge is 2.41. The molecule has 6 heteroatoms. The van der Waals surface area contributed by atoms with Gasteiger partial charge in [-0.15, -0.1) is 0 Å². The minimum atomic E-state index is -0.440. The summed E-state index contributed by atoms with van der Waals surface area (Å²) in [6, 6.07) is 0. The zero-order chi connectivity index (χ0) is 17.7. The number of nitrogens with one attached hydrogen (secondary N) is 1. The van der Waals surface area contributed by atoms with E-state index in [1.807, 2.05) is 0 Å². The van der Waals surface area contributed by atoms with Crippen LogP contribution in [0.3, 0.4) is 0 Å². The molecule has 3 rings (SSSR count). The van der Waals surface area contributed by atoms with E-state index in [0.717, 1.165) is 51.6 Å². The van der Waals surface area contributed by atoms with Crippen molar-refractivity contribution in [3.8, 4) is 0 Å². The van der Waals surface area contributed by atoms with Crippen LogP contribution in [-0.4, -0.2) is 34.0 Å². The van der Waals surface area contributed by atoms with Crippen molar-refractivity contribution in [1.82, 2.24) is 20.4 Å². The molecule has 0 aliphatic heterocycles. The third-order valence-corrected chi connectivity index (χ3v) is 5.55. The molecular formula is C19H30N4O2. The summed E-state index contributed by atoms with van der Waals surface area (Å²) in [4.78, 5) is 19.4. The first-order valence-corrected chi connectivity index (χ1v) is 9.68. The van der Waals surface area contributed by atoms with Crippen molar-refractivity contribution in [1.29, 1.82) is 0 Å². The lowest BCUT2D eigenvalue weighted by molar-refractivity contribution is -0.123. The number of carbonyl (C=O) groups excluding carboxylic acids is 1. The van der Waals surface area contributed by atoms with Crippen LogP contribution in [0.25, 0.3) is 0 Å². The molecule has 1 unspecified atom stereocenters. The number of carbonyl (C=O) groups is 1. The maximum atomic E-state index is 12.6. The maximum Gasteiger partial charge on any atom is 0.240 e. The van der Waals surface area contributed by atoms with E-state index in [9.17, 15) is 4.79 Å². The SMILES string of the molecule is CCN(CC)Cc1nc(C2(NC(=O)CC3C=CCC3)CCCC2)no1. The first-order chi connectivity index (χ1) is 12.1. The van der Waals surface area contributed by atoms with Crippen molar-refractivity contribution in [2.45, 2.75) is 70.9 Å². The molecular weight excluding hydrogens is 316 g/mol. The van der Waals surface area contributed by atoms with Gasteiger partial charge in [0.15, 0.2) is 5.82 Å².